The molecular formula is C24H36N8O2. The largest absolute Gasteiger partial charge is 0.496 e. The van der Waals surface area contributed by atoms with Crippen molar-refractivity contribution in [1.82, 2.24) is 30.0 Å². The second-order valence-electron chi connectivity index (χ2n) is 8.78. The van der Waals surface area contributed by atoms with E-state index in [9.17, 15) is 5.11 Å². The molecule has 1 saturated heterocycles. The summed E-state index contributed by atoms with van der Waals surface area (Å²) in [7, 11) is 1.69. The third-order valence-electron chi connectivity index (χ3n) is 6.24. The summed E-state index contributed by atoms with van der Waals surface area (Å²) in [5, 5.41) is 21.0. The zero-order chi connectivity index (χ0) is 23.9. The predicted molar refractivity (Wildman–Crippen MR) is 134 cm³/mol. The molecule has 1 aliphatic rings. The van der Waals surface area contributed by atoms with Gasteiger partial charge in [-0.2, -0.15) is 10.1 Å². The zero-order valence-electron chi connectivity index (χ0n) is 20.1. The Morgan fingerprint density at radius 3 is 2.76 bits per heavy atom. The lowest BCUT2D eigenvalue weighted by molar-refractivity contribution is 0.233. The fourth-order valence-corrected chi connectivity index (χ4v) is 4.57. The average molecular weight is 469 g/mol. The number of ether oxygens (including phenoxy) is 1. The van der Waals surface area contributed by atoms with Crippen LogP contribution in [-0.4, -0.2) is 75.7 Å². The van der Waals surface area contributed by atoms with Crippen LogP contribution < -0.4 is 21.1 Å². The van der Waals surface area contributed by atoms with Crippen molar-refractivity contribution in [1.29, 1.82) is 0 Å². The van der Waals surface area contributed by atoms with E-state index in [2.05, 4.69) is 49.7 Å². The first-order valence-electron chi connectivity index (χ1n) is 12.1. The van der Waals surface area contributed by atoms with Crippen molar-refractivity contribution in [2.24, 2.45) is 0 Å². The van der Waals surface area contributed by atoms with E-state index in [1.165, 1.54) is 5.56 Å². The highest BCUT2D eigenvalue weighted by molar-refractivity contribution is 5.86. The monoisotopic (exact) mass is 468 g/mol. The Labute approximate surface area is 200 Å². The van der Waals surface area contributed by atoms with E-state index in [-0.39, 0.29) is 18.6 Å². The normalized spacial score (nSPS) is 15.5. The Balaban J connectivity index is 1.64. The number of aromatic nitrogens is 4. The van der Waals surface area contributed by atoms with Gasteiger partial charge in [0.2, 0.25) is 5.95 Å². The van der Waals surface area contributed by atoms with Crippen molar-refractivity contribution in [3.63, 3.8) is 0 Å². The summed E-state index contributed by atoms with van der Waals surface area (Å²) in [5.74, 6) is 1.66. The first kappa shape index (κ1) is 24.2. The lowest BCUT2D eigenvalue weighted by atomic mass is 10.1. The van der Waals surface area contributed by atoms with Gasteiger partial charge in [0, 0.05) is 50.9 Å². The van der Waals surface area contributed by atoms with Crippen molar-refractivity contribution in [3.05, 3.63) is 35.5 Å². The number of aliphatic hydroxyl groups excluding tert-OH is 1. The van der Waals surface area contributed by atoms with Crippen LogP contribution in [-0.2, 0) is 13.1 Å². The number of anilines is 2. The van der Waals surface area contributed by atoms with Gasteiger partial charge >= 0.3 is 0 Å². The minimum absolute atomic E-state index is 0.0905. The highest BCUT2D eigenvalue weighted by Gasteiger charge is 2.18. The third kappa shape index (κ3) is 5.75. The van der Waals surface area contributed by atoms with Crippen molar-refractivity contribution in [3.8, 4) is 5.75 Å². The SMILES string of the molecule is CCC[C@@H](CCO)Nc1nc(N)nc2cnn(Cc3cc(CN4CCNCC4)ccc3OC)c12. The highest BCUT2D eigenvalue weighted by Crippen LogP contribution is 2.27. The number of hydrogen-bond donors (Lipinski definition) is 4. The fraction of sp³-hybridized carbons (Fsp3) is 0.542. The van der Waals surface area contributed by atoms with E-state index in [0.717, 1.165) is 62.4 Å². The maximum Gasteiger partial charge on any atom is 0.222 e. The Morgan fingerprint density at radius 2 is 2.03 bits per heavy atom. The molecule has 0 aliphatic carbocycles. The van der Waals surface area contributed by atoms with Crippen molar-refractivity contribution in [2.45, 2.75) is 45.3 Å². The molecule has 4 rings (SSSR count). The second-order valence-corrected chi connectivity index (χ2v) is 8.78. The number of methoxy groups -OCH3 is 1. The molecular weight excluding hydrogens is 432 g/mol. The second kappa shape index (κ2) is 11.5. The number of nitrogens with one attached hydrogen (secondary N) is 2. The summed E-state index contributed by atoms with van der Waals surface area (Å²) in [6.07, 6.45) is 4.27. The van der Waals surface area contributed by atoms with Crippen LogP contribution in [0.5, 0.6) is 5.75 Å². The Morgan fingerprint density at radius 1 is 1.21 bits per heavy atom. The summed E-state index contributed by atoms with van der Waals surface area (Å²) in [5.41, 5.74) is 9.76. The van der Waals surface area contributed by atoms with Gasteiger partial charge in [-0.15, -0.1) is 0 Å². The lowest BCUT2D eigenvalue weighted by Gasteiger charge is -2.27. The highest BCUT2D eigenvalue weighted by atomic mass is 16.5. The van der Waals surface area contributed by atoms with E-state index >= 15 is 0 Å². The summed E-state index contributed by atoms with van der Waals surface area (Å²) in [4.78, 5) is 11.3. The topological polar surface area (TPSA) is 126 Å². The van der Waals surface area contributed by atoms with Crippen LogP contribution >= 0.6 is 0 Å². The molecule has 0 radical (unpaired) electrons. The number of fused-ring (bicyclic) bond motifs is 1. The molecule has 0 unspecified atom stereocenters. The quantitative estimate of drug-likeness (QED) is 0.333. The van der Waals surface area contributed by atoms with Crippen LogP contribution in [0.15, 0.2) is 24.4 Å². The molecule has 10 nitrogen and oxygen atoms in total. The number of nitrogen functional groups attached to an aromatic ring is 1. The van der Waals surface area contributed by atoms with Gasteiger partial charge in [-0.1, -0.05) is 19.4 Å². The van der Waals surface area contributed by atoms with Gasteiger partial charge in [-0.3, -0.25) is 9.58 Å². The maximum atomic E-state index is 9.48. The van der Waals surface area contributed by atoms with Crippen LogP contribution in [0.3, 0.4) is 0 Å². The molecule has 3 heterocycles. The third-order valence-corrected chi connectivity index (χ3v) is 6.24. The number of nitrogens with zero attached hydrogens (tertiary/aromatic N) is 5. The molecule has 34 heavy (non-hydrogen) atoms. The Bertz CT molecular complexity index is 1070. The van der Waals surface area contributed by atoms with Gasteiger partial charge in [0.15, 0.2) is 5.82 Å². The molecule has 1 aliphatic heterocycles. The van der Waals surface area contributed by atoms with Gasteiger partial charge in [0.1, 0.15) is 16.8 Å². The van der Waals surface area contributed by atoms with E-state index in [0.29, 0.717) is 24.3 Å². The Kier molecular flexibility index (Phi) is 8.15. The average Bonchev–Trinajstić information content (AvgIpc) is 3.23. The van der Waals surface area contributed by atoms with Gasteiger partial charge in [-0.05, 0) is 30.5 Å². The molecule has 0 bridgehead atoms. The minimum Gasteiger partial charge on any atom is -0.496 e. The number of nitrogens with two attached hydrogens (primary N) is 1. The molecule has 10 heteroatoms. The number of benzene rings is 1. The van der Waals surface area contributed by atoms with Crippen LogP contribution in [0.25, 0.3) is 11.0 Å². The van der Waals surface area contributed by atoms with E-state index in [1.807, 2.05) is 10.7 Å². The molecule has 5 N–H and O–H groups in total. The number of hydrogen-bond acceptors (Lipinski definition) is 9. The van der Waals surface area contributed by atoms with Crippen LogP contribution in [0.1, 0.15) is 37.3 Å². The van der Waals surface area contributed by atoms with Crippen molar-refractivity contribution < 1.29 is 9.84 Å². The molecule has 0 amide bonds. The van der Waals surface area contributed by atoms with Crippen molar-refractivity contribution in [2.75, 3.05) is 50.9 Å². The van der Waals surface area contributed by atoms with E-state index in [4.69, 9.17) is 10.5 Å². The van der Waals surface area contributed by atoms with Crippen LogP contribution in [0.2, 0.25) is 0 Å². The molecule has 3 aromatic rings. The molecule has 2 aromatic heterocycles. The zero-order valence-corrected chi connectivity index (χ0v) is 20.1. The Hall–Kier alpha value is -2.95. The summed E-state index contributed by atoms with van der Waals surface area (Å²) in [6, 6.07) is 6.45. The predicted octanol–water partition coefficient (Wildman–Crippen LogP) is 1.83. The number of piperazine rings is 1. The van der Waals surface area contributed by atoms with Gasteiger partial charge in [-0.25, -0.2) is 4.98 Å². The molecule has 1 aromatic carbocycles. The lowest BCUT2D eigenvalue weighted by Crippen LogP contribution is -2.42. The number of rotatable bonds is 11. The van der Waals surface area contributed by atoms with Gasteiger partial charge in [0.05, 0.1) is 19.9 Å². The molecule has 1 fully saturated rings. The smallest absolute Gasteiger partial charge is 0.222 e. The molecule has 184 valence electrons. The van der Waals surface area contributed by atoms with E-state index < -0.39 is 0 Å². The standard InChI is InChI=1S/C24H36N8O2/c1-3-4-19(7-12-33)28-23-22-20(29-24(25)30-23)14-27-32(22)16-18-13-17(5-6-21(18)34-2)15-31-10-8-26-9-11-31/h5-6,13-14,19,26,33H,3-4,7-12,15-16H2,1-2H3,(H3,25,28,29,30)/t19-/m0/s1. The first-order chi connectivity index (χ1) is 16.6. The van der Waals surface area contributed by atoms with Crippen LogP contribution in [0.4, 0.5) is 11.8 Å². The molecule has 0 saturated carbocycles. The van der Waals surface area contributed by atoms with Gasteiger partial charge < -0.3 is 26.2 Å². The van der Waals surface area contributed by atoms with Crippen molar-refractivity contribution >= 4 is 22.8 Å². The summed E-state index contributed by atoms with van der Waals surface area (Å²) >= 11 is 0. The van der Waals surface area contributed by atoms with Crippen LogP contribution in [0, 0.1) is 0 Å². The summed E-state index contributed by atoms with van der Waals surface area (Å²) in [6.45, 7) is 7.80. The maximum absolute atomic E-state index is 9.48. The van der Waals surface area contributed by atoms with Gasteiger partial charge in [0.25, 0.3) is 0 Å². The summed E-state index contributed by atoms with van der Waals surface area (Å²) < 4.78 is 7.56. The number of aliphatic hydroxyl groups is 1. The van der Waals surface area contributed by atoms with E-state index in [1.54, 1.807) is 13.3 Å². The molecule has 1 atom stereocenters. The minimum atomic E-state index is 0.0905. The fourth-order valence-electron chi connectivity index (χ4n) is 4.57. The molecule has 0 spiro atoms. The first-order valence-corrected chi connectivity index (χ1v) is 12.1.